The Hall–Kier alpha value is -3.11. The number of rotatable bonds is 6. The van der Waals surface area contributed by atoms with Gasteiger partial charge < -0.3 is 10.2 Å². The number of likely N-dealkylation sites (N-methyl/N-ethyl adjacent to an activating group) is 1. The van der Waals surface area contributed by atoms with Gasteiger partial charge in [0.25, 0.3) is 8.32 Å². The van der Waals surface area contributed by atoms with Crippen molar-refractivity contribution in [1.29, 1.82) is 0 Å². The van der Waals surface area contributed by atoms with Gasteiger partial charge in [-0.1, -0.05) is 81.4 Å². The third-order valence-corrected chi connectivity index (χ3v) is 11.9. The molecule has 1 aliphatic heterocycles. The van der Waals surface area contributed by atoms with Gasteiger partial charge in [0.15, 0.2) is 17.7 Å². The van der Waals surface area contributed by atoms with Crippen LogP contribution in [0.3, 0.4) is 0 Å². The van der Waals surface area contributed by atoms with Crippen LogP contribution >= 0.6 is 0 Å². The van der Waals surface area contributed by atoms with Crippen molar-refractivity contribution in [2.24, 2.45) is 0 Å². The van der Waals surface area contributed by atoms with Crippen molar-refractivity contribution in [3.05, 3.63) is 73.3 Å². The predicted octanol–water partition coefficient (Wildman–Crippen LogP) is 3.12. The second-order valence-electron chi connectivity index (χ2n) is 10.1. The van der Waals surface area contributed by atoms with Crippen molar-refractivity contribution in [2.45, 2.75) is 44.5 Å². The van der Waals surface area contributed by atoms with Crippen LogP contribution in [0.5, 0.6) is 0 Å². The summed E-state index contributed by atoms with van der Waals surface area (Å²) in [5, 5.41) is 4.36. The Balaban J connectivity index is 1.45. The third-order valence-electron chi connectivity index (χ3n) is 6.88. The summed E-state index contributed by atoms with van der Waals surface area (Å²) in [6.07, 6.45) is 3.67. The number of nitrogens with two attached hydrogens (primary N) is 1. The van der Waals surface area contributed by atoms with Gasteiger partial charge in [0.05, 0.1) is 19.0 Å². The van der Waals surface area contributed by atoms with Crippen LogP contribution in [0.4, 0.5) is 5.82 Å². The number of aromatic nitrogens is 4. The fourth-order valence-electron chi connectivity index (χ4n) is 5.10. The van der Waals surface area contributed by atoms with E-state index in [0.717, 1.165) is 6.42 Å². The SMILES string of the molecule is CN1O[C@H](n2cnc3c(N)ncnc32)C[C@@H]1CO[Si](c1ccccc1)(c1ccccc1)C(C)(C)C. The van der Waals surface area contributed by atoms with Crippen molar-refractivity contribution >= 4 is 35.7 Å². The average molecular weight is 489 g/mol. The van der Waals surface area contributed by atoms with Gasteiger partial charge in [-0.25, -0.2) is 15.0 Å². The van der Waals surface area contributed by atoms with Crippen LogP contribution in [0.25, 0.3) is 11.2 Å². The Morgan fingerprint density at radius 1 is 1.00 bits per heavy atom. The van der Waals surface area contributed by atoms with Crippen LogP contribution in [-0.2, 0) is 9.26 Å². The van der Waals surface area contributed by atoms with E-state index in [0.29, 0.717) is 23.6 Å². The molecule has 1 saturated heterocycles. The minimum Gasteiger partial charge on any atom is -0.406 e. The standard InChI is InChI=1S/C26H32N6O2Si/c1-26(2,3)35(20-11-7-5-8-12-20,21-13-9-6-10-14-21)33-16-19-15-22(34-31(19)4)32-18-30-23-24(27)28-17-29-25(23)32/h5-14,17-19,22H,15-16H2,1-4H3,(H2,27,28,29)/t19-,22+/m1/s1. The summed E-state index contributed by atoms with van der Waals surface area (Å²) in [4.78, 5) is 19.0. The molecule has 5 rings (SSSR count). The number of hydrogen-bond acceptors (Lipinski definition) is 7. The van der Waals surface area contributed by atoms with Crippen LogP contribution in [0, 0.1) is 0 Å². The van der Waals surface area contributed by atoms with Crippen molar-refractivity contribution in [2.75, 3.05) is 19.4 Å². The molecular formula is C26H32N6O2Si. The van der Waals surface area contributed by atoms with Gasteiger partial charge in [-0.05, 0) is 15.4 Å². The summed E-state index contributed by atoms with van der Waals surface area (Å²) in [5.41, 5.74) is 7.24. The van der Waals surface area contributed by atoms with Gasteiger partial charge >= 0.3 is 0 Å². The zero-order valence-electron chi connectivity index (χ0n) is 20.6. The largest absolute Gasteiger partial charge is 0.406 e. The van der Waals surface area contributed by atoms with Crippen molar-refractivity contribution < 1.29 is 9.26 Å². The Morgan fingerprint density at radius 2 is 1.63 bits per heavy atom. The van der Waals surface area contributed by atoms with Crippen LogP contribution in [-0.4, -0.2) is 52.6 Å². The molecule has 4 aromatic rings. The first-order valence-electron chi connectivity index (χ1n) is 11.9. The first kappa shape index (κ1) is 23.6. The number of nitrogens with zero attached hydrogens (tertiary/aromatic N) is 5. The summed E-state index contributed by atoms with van der Waals surface area (Å²) in [7, 11) is -0.664. The fraction of sp³-hybridized carbons (Fsp3) is 0.346. The lowest BCUT2D eigenvalue weighted by molar-refractivity contribution is -0.167. The lowest BCUT2D eigenvalue weighted by Gasteiger charge is -2.43. The zero-order valence-corrected chi connectivity index (χ0v) is 21.6. The molecule has 2 aromatic heterocycles. The maximum absolute atomic E-state index is 7.14. The van der Waals surface area contributed by atoms with E-state index in [-0.39, 0.29) is 17.3 Å². The fourth-order valence-corrected chi connectivity index (χ4v) is 9.70. The number of fused-ring (bicyclic) bond motifs is 1. The maximum atomic E-state index is 7.14. The highest BCUT2D eigenvalue weighted by Crippen LogP contribution is 2.38. The van der Waals surface area contributed by atoms with Gasteiger partial charge in [0.2, 0.25) is 0 Å². The molecule has 8 nitrogen and oxygen atoms in total. The number of imidazole rings is 1. The van der Waals surface area contributed by atoms with Gasteiger partial charge in [0.1, 0.15) is 11.8 Å². The molecule has 0 spiro atoms. The highest BCUT2D eigenvalue weighted by molar-refractivity contribution is 6.99. The molecule has 3 heterocycles. The normalized spacial score (nSPS) is 19.4. The number of benzene rings is 2. The molecule has 0 unspecified atom stereocenters. The second kappa shape index (κ2) is 9.16. The molecule has 182 valence electrons. The number of nitrogen functional groups attached to an aromatic ring is 1. The van der Waals surface area contributed by atoms with Crippen molar-refractivity contribution in [3.63, 3.8) is 0 Å². The molecular weight excluding hydrogens is 456 g/mol. The van der Waals surface area contributed by atoms with Crippen LogP contribution in [0.1, 0.15) is 33.4 Å². The first-order valence-corrected chi connectivity index (χ1v) is 13.8. The van der Waals surface area contributed by atoms with Crippen molar-refractivity contribution in [1.82, 2.24) is 24.6 Å². The molecule has 0 amide bonds. The van der Waals surface area contributed by atoms with Gasteiger partial charge in [-0.3, -0.25) is 9.40 Å². The predicted molar refractivity (Wildman–Crippen MR) is 140 cm³/mol. The third kappa shape index (κ3) is 4.14. The molecule has 2 aromatic carbocycles. The van der Waals surface area contributed by atoms with Gasteiger partial charge in [0, 0.05) is 13.5 Å². The first-order chi connectivity index (χ1) is 16.8. The maximum Gasteiger partial charge on any atom is 0.261 e. The topological polar surface area (TPSA) is 91.3 Å². The molecule has 9 heteroatoms. The molecule has 0 saturated carbocycles. The highest BCUT2D eigenvalue weighted by atomic mass is 28.4. The summed E-state index contributed by atoms with van der Waals surface area (Å²) in [6, 6.07) is 21.5. The monoisotopic (exact) mass is 488 g/mol. The molecule has 35 heavy (non-hydrogen) atoms. The molecule has 0 bridgehead atoms. The molecule has 0 radical (unpaired) electrons. The van der Waals surface area contributed by atoms with Crippen molar-refractivity contribution in [3.8, 4) is 0 Å². The van der Waals surface area contributed by atoms with Gasteiger partial charge in [-0.2, -0.15) is 5.06 Å². The van der Waals surface area contributed by atoms with E-state index in [4.69, 9.17) is 15.0 Å². The average Bonchev–Trinajstić information content (AvgIpc) is 3.44. The number of hydroxylamine groups is 2. The van der Waals surface area contributed by atoms with E-state index in [1.807, 2.05) is 16.7 Å². The van der Waals surface area contributed by atoms with E-state index >= 15 is 0 Å². The number of anilines is 1. The lowest BCUT2D eigenvalue weighted by Crippen LogP contribution is -2.67. The minimum atomic E-state index is -2.62. The summed E-state index contributed by atoms with van der Waals surface area (Å²) >= 11 is 0. The van der Waals surface area contributed by atoms with E-state index in [1.54, 1.807) is 6.33 Å². The number of hydrogen-bond donors (Lipinski definition) is 1. The molecule has 2 N–H and O–H groups in total. The van der Waals surface area contributed by atoms with Crippen LogP contribution in [0.15, 0.2) is 73.3 Å². The molecule has 1 aliphatic rings. The van der Waals surface area contributed by atoms with Gasteiger partial charge in [-0.15, -0.1) is 0 Å². The van der Waals surface area contributed by atoms with E-state index in [2.05, 4.69) is 96.4 Å². The Labute approximate surface area is 206 Å². The van der Waals surface area contributed by atoms with E-state index in [1.165, 1.54) is 16.7 Å². The van der Waals surface area contributed by atoms with E-state index < -0.39 is 8.32 Å². The van der Waals surface area contributed by atoms with E-state index in [9.17, 15) is 0 Å². The Kier molecular flexibility index (Phi) is 6.18. The molecule has 2 atom stereocenters. The summed E-state index contributed by atoms with van der Waals surface area (Å²) in [5.74, 6) is 0.367. The van der Waals surface area contributed by atoms with Crippen LogP contribution in [0.2, 0.25) is 5.04 Å². The zero-order chi connectivity index (χ0) is 24.6. The molecule has 1 fully saturated rings. The Bertz CT molecular complexity index is 1250. The van der Waals surface area contributed by atoms with Crippen LogP contribution < -0.4 is 16.1 Å². The smallest absolute Gasteiger partial charge is 0.261 e. The summed E-state index contributed by atoms with van der Waals surface area (Å²) in [6.45, 7) is 7.42. The summed E-state index contributed by atoms with van der Waals surface area (Å²) < 4.78 is 9.06. The molecule has 0 aliphatic carbocycles. The lowest BCUT2D eigenvalue weighted by atomic mass is 10.2. The minimum absolute atomic E-state index is 0.0679. The highest BCUT2D eigenvalue weighted by Gasteiger charge is 2.51. The quantitative estimate of drug-likeness (QED) is 0.417. The second-order valence-corrected chi connectivity index (χ2v) is 14.4. The Morgan fingerprint density at radius 3 is 2.23 bits per heavy atom.